The minimum atomic E-state index is -3.87. The lowest BCUT2D eigenvalue weighted by Gasteiger charge is -2.28. The Morgan fingerprint density at radius 2 is 2.06 bits per heavy atom. The van der Waals surface area contributed by atoms with E-state index in [2.05, 4.69) is 5.10 Å². The summed E-state index contributed by atoms with van der Waals surface area (Å²) in [4.78, 5) is 14.7. The summed E-state index contributed by atoms with van der Waals surface area (Å²) in [5.41, 5.74) is 0.657. The monoisotopic (exact) mass is 486 g/mol. The molecule has 0 spiro atoms. The standard InChI is InChI=1S/C20H30N4O6S2/c1-5-9-23(17-8-11-31(26,27)14-17)19(25)13-24-16(3)20(15(2)21-24)32(28,29)22(4)12-18-7-6-10-30-18/h6-7,10,17H,5,8-9,11-14H2,1-4H3/t17-/m0/s1. The van der Waals surface area contributed by atoms with E-state index in [0.29, 0.717) is 36.5 Å². The molecule has 32 heavy (non-hydrogen) atoms. The molecule has 0 saturated carbocycles. The van der Waals surface area contributed by atoms with Crippen molar-refractivity contribution in [1.82, 2.24) is 19.0 Å². The Morgan fingerprint density at radius 1 is 1.34 bits per heavy atom. The first-order valence-electron chi connectivity index (χ1n) is 10.5. The van der Waals surface area contributed by atoms with Gasteiger partial charge in [0.2, 0.25) is 15.9 Å². The Bertz CT molecular complexity index is 1170. The third-order valence-corrected chi connectivity index (χ3v) is 9.47. The van der Waals surface area contributed by atoms with Gasteiger partial charge in [-0.1, -0.05) is 6.92 Å². The summed E-state index contributed by atoms with van der Waals surface area (Å²) in [5.74, 6) is 0.283. The summed E-state index contributed by atoms with van der Waals surface area (Å²) < 4.78 is 58.0. The number of carbonyl (C=O) groups excluding carboxylic acids is 1. The van der Waals surface area contributed by atoms with Gasteiger partial charge in [0, 0.05) is 19.6 Å². The van der Waals surface area contributed by atoms with Gasteiger partial charge in [0.05, 0.1) is 35.7 Å². The van der Waals surface area contributed by atoms with E-state index in [1.165, 1.54) is 22.3 Å². The van der Waals surface area contributed by atoms with Crippen LogP contribution in [0.1, 0.15) is 36.9 Å². The highest BCUT2D eigenvalue weighted by atomic mass is 32.2. The van der Waals surface area contributed by atoms with Gasteiger partial charge in [-0.15, -0.1) is 0 Å². The summed E-state index contributed by atoms with van der Waals surface area (Å²) in [5, 5.41) is 4.32. The average Bonchev–Trinajstić information content (AvgIpc) is 3.40. The van der Waals surface area contributed by atoms with Crippen LogP contribution in [0.5, 0.6) is 0 Å². The molecule has 1 saturated heterocycles. The van der Waals surface area contributed by atoms with Gasteiger partial charge in [0.1, 0.15) is 17.2 Å². The fraction of sp³-hybridized carbons (Fsp3) is 0.600. The van der Waals surface area contributed by atoms with Crippen molar-refractivity contribution >= 4 is 25.8 Å². The number of sulfonamides is 1. The highest BCUT2D eigenvalue weighted by molar-refractivity contribution is 7.91. The van der Waals surface area contributed by atoms with Crippen LogP contribution in [0.4, 0.5) is 0 Å². The smallest absolute Gasteiger partial charge is 0.246 e. The first-order valence-corrected chi connectivity index (χ1v) is 13.7. The largest absolute Gasteiger partial charge is 0.468 e. The number of hydrogen-bond donors (Lipinski definition) is 0. The number of nitrogens with zero attached hydrogens (tertiary/aromatic N) is 4. The summed E-state index contributed by atoms with van der Waals surface area (Å²) in [6, 6.07) is 3.03. The zero-order valence-electron chi connectivity index (χ0n) is 18.8. The Kier molecular flexibility index (Phi) is 7.15. The maximum Gasteiger partial charge on any atom is 0.246 e. The molecular formula is C20H30N4O6S2. The van der Waals surface area contributed by atoms with Crippen LogP contribution in [0.3, 0.4) is 0 Å². The number of hydrogen-bond acceptors (Lipinski definition) is 7. The van der Waals surface area contributed by atoms with Crippen LogP contribution in [0.2, 0.25) is 0 Å². The molecule has 0 bridgehead atoms. The summed E-state index contributed by atoms with van der Waals surface area (Å²) in [6.07, 6.45) is 2.59. The van der Waals surface area contributed by atoms with Crippen LogP contribution in [0, 0.1) is 13.8 Å². The molecule has 0 unspecified atom stereocenters. The third kappa shape index (κ3) is 5.07. The second-order valence-electron chi connectivity index (χ2n) is 8.14. The molecule has 2 aromatic rings. The van der Waals surface area contributed by atoms with Crippen LogP contribution < -0.4 is 0 Å². The van der Waals surface area contributed by atoms with Crippen LogP contribution in [0.15, 0.2) is 27.7 Å². The van der Waals surface area contributed by atoms with Gasteiger partial charge in [0.25, 0.3) is 0 Å². The number of sulfone groups is 1. The van der Waals surface area contributed by atoms with Crippen LogP contribution >= 0.6 is 0 Å². The van der Waals surface area contributed by atoms with E-state index in [-0.39, 0.29) is 41.4 Å². The predicted molar refractivity (Wildman–Crippen MR) is 118 cm³/mol. The average molecular weight is 487 g/mol. The molecule has 2 aromatic heterocycles. The summed E-state index contributed by atoms with van der Waals surface area (Å²) >= 11 is 0. The number of amides is 1. The van der Waals surface area contributed by atoms with Gasteiger partial charge in [-0.2, -0.15) is 9.40 Å². The van der Waals surface area contributed by atoms with Crippen LogP contribution in [-0.4, -0.2) is 72.9 Å². The number of aromatic nitrogens is 2. The number of furan rings is 1. The van der Waals surface area contributed by atoms with Crippen molar-refractivity contribution in [3.8, 4) is 0 Å². The quantitative estimate of drug-likeness (QED) is 0.524. The highest BCUT2D eigenvalue weighted by Crippen LogP contribution is 2.25. The molecule has 12 heteroatoms. The van der Waals surface area contributed by atoms with E-state index in [0.717, 1.165) is 0 Å². The van der Waals surface area contributed by atoms with Crippen molar-refractivity contribution in [1.29, 1.82) is 0 Å². The van der Waals surface area contributed by atoms with Crippen molar-refractivity contribution < 1.29 is 26.0 Å². The molecule has 0 aliphatic carbocycles. The summed E-state index contributed by atoms with van der Waals surface area (Å²) in [7, 11) is -5.54. The minimum Gasteiger partial charge on any atom is -0.468 e. The van der Waals surface area contributed by atoms with Crippen LogP contribution in [0.25, 0.3) is 0 Å². The van der Waals surface area contributed by atoms with E-state index in [4.69, 9.17) is 4.42 Å². The lowest BCUT2D eigenvalue weighted by molar-refractivity contribution is -0.134. The maximum atomic E-state index is 13.2. The molecule has 3 rings (SSSR count). The fourth-order valence-corrected chi connectivity index (χ4v) is 7.29. The molecule has 0 aromatic carbocycles. The lowest BCUT2D eigenvalue weighted by atomic mass is 10.2. The first-order chi connectivity index (χ1) is 15.0. The second kappa shape index (κ2) is 9.36. The fourth-order valence-electron chi connectivity index (χ4n) is 4.06. The predicted octanol–water partition coefficient (Wildman–Crippen LogP) is 1.34. The Hall–Kier alpha value is -2.18. The van der Waals surface area contributed by atoms with Gasteiger partial charge >= 0.3 is 0 Å². The van der Waals surface area contributed by atoms with Gasteiger partial charge in [-0.25, -0.2) is 16.8 Å². The minimum absolute atomic E-state index is 0.0347. The van der Waals surface area contributed by atoms with E-state index in [9.17, 15) is 21.6 Å². The summed E-state index contributed by atoms with van der Waals surface area (Å²) in [6.45, 7) is 5.49. The highest BCUT2D eigenvalue weighted by Gasteiger charge is 2.35. The Labute approximate surface area is 189 Å². The zero-order valence-corrected chi connectivity index (χ0v) is 20.4. The zero-order chi connectivity index (χ0) is 23.7. The molecule has 1 fully saturated rings. The molecule has 3 heterocycles. The molecule has 1 amide bonds. The molecule has 10 nitrogen and oxygen atoms in total. The topological polar surface area (TPSA) is 123 Å². The van der Waals surface area contributed by atoms with Gasteiger partial charge < -0.3 is 9.32 Å². The molecule has 0 radical (unpaired) electrons. The van der Waals surface area contributed by atoms with E-state index in [1.54, 1.807) is 30.9 Å². The van der Waals surface area contributed by atoms with Crippen molar-refractivity contribution in [3.63, 3.8) is 0 Å². The molecule has 178 valence electrons. The first kappa shape index (κ1) is 24.5. The van der Waals surface area contributed by atoms with Crippen LogP contribution in [-0.2, 0) is 37.7 Å². The molecular weight excluding hydrogens is 456 g/mol. The molecule has 0 N–H and O–H groups in total. The van der Waals surface area contributed by atoms with Crippen molar-refractivity contribution in [2.45, 2.75) is 57.6 Å². The van der Waals surface area contributed by atoms with E-state index >= 15 is 0 Å². The van der Waals surface area contributed by atoms with Crippen molar-refractivity contribution in [2.75, 3.05) is 25.1 Å². The lowest BCUT2D eigenvalue weighted by Crippen LogP contribution is -2.43. The molecule has 1 aliphatic rings. The normalized spacial score (nSPS) is 18.3. The number of aryl methyl sites for hydroxylation is 1. The van der Waals surface area contributed by atoms with E-state index in [1.807, 2.05) is 6.92 Å². The molecule has 1 aliphatic heterocycles. The Morgan fingerprint density at radius 3 is 2.62 bits per heavy atom. The third-order valence-electron chi connectivity index (χ3n) is 5.66. The number of carbonyl (C=O) groups is 1. The number of rotatable bonds is 9. The SMILES string of the molecule is CCCN(C(=O)Cn1nc(C)c(S(=O)(=O)N(C)Cc2ccco2)c1C)[C@H]1CCS(=O)(=O)C1. The molecule has 1 atom stereocenters. The van der Waals surface area contributed by atoms with E-state index < -0.39 is 19.9 Å². The second-order valence-corrected chi connectivity index (χ2v) is 12.4. The van der Waals surface area contributed by atoms with Crippen molar-refractivity contribution in [3.05, 3.63) is 35.5 Å². The van der Waals surface area contributed by atoms with Gasteiger partial charge in [-0.3, -0.25) is 9.48 Å². The maximum absolute atomic E-state index is 13.2. The van der Waals surface area contributed by atoms with Gasteiger partial charge in [-0.05, 0) is 38.8 Å². The van der Waals surface area contributed by atoms with Gasteiger partial charge in [0.15, 0.2) is 9.84 Å². The van der Waals surface area contributed by atoms with Crippen molar-refractivity contribution in [2.24, 2.45) is 0 Å². The Balaban J connectivity index is 1.82.